The standard InChI is InChI=1S/C14H20N4O2/c1-11-9-12(10-13(16-2)17-11)14(19)18(6-4-5-15)7-8-20-3/h9-10H,4,6-8H2,1-3H3,(H,16,17). The summed E-state index contributed by atoms with van der Waals surface area (Å²) in [4.78, 5) is 18.4. The van der Waals surface area contributed by atoms with Crippen LogP contribution < -0.4 is 5.32 Å². The molecule has 6 heteroatoms. The van der Waals surface area contributed by atoms with Gasteiger partial charge in [0.2, 0.25) is 0 Å². The Hall–Kier alpha value is -2.13. The molecule has 0 aromatic carbocycles. The first-order valence-corrected chi connectivity index (χ1v) is 6.44. The number of carbonyl (C=O) groups excluding carboxylic acids is 1. The number of anilines is 1. The van der Waals surface area contributed by atoms with Crippen LogP contribution in [0.3, 0.4) is 0 Å². The molecular weight excluding hydrogens is 256 g/mol. The molecule has 6 nitrogen and oxygen atoms in total. The van der Waals surface area contributed by atoms with Gasteiger partial charge in [-0.1, -0.05) is 0 Å². The van der Waals surface area contributed by atoms with Gasteiger partial charge in [-0.2, -0.15) is 5.26 Å². The minimum atomic E-state index is -0.112. The van der Waals surface area contributed by atoms with E-state index in [4.69, 9.17) is 10.00 Å². The minimum Gasteiger partial charge on any atom is -0.383 e. The van der Waals surface area contributed by atoms with Crippen molar-refractivity contribution in [1.82, 2.24) is 9.88 Å². The Balaban J connectivity index is 2.92. The smallest absolute Gasteiger partial charge is 0.254 e. The third-order valence-corrected chi connectivity index (χ3v) is 2.80. The second-order valence-corrected chi connectivity index (χ2v) is 4.33. The van der Waals surface area contributed by atoms with Crippen LogP contribution in [0.4, 0.5) is 5.82 Å². The predicted molar refractivity (Wildman–Crippen MR) is 76.5 cm³/mol. The van der Waals surface area contributed by atoms with Crippen molar-refractivity contribution in [2.75, 3.05) is 39.2 Å². The van der Waals surface area contributed by atoms with E-state index in [0.29, 0.717) is 37.5 Å². The normalized spacial score (nSPS) is 9.90. The molecule has 20 heavy (non-hydrogen) atoms. The Morgan fingerprint density at radius 3 is 2.85 bits per heavy atom. The largest absolute Gasteiger partial charge is 0.383 e. The third kappa shape index (κ3) is 4.52. The van der Waals surface area contributed by atoms with E-state index in [9.17, 15) is 4.79 Å². The van der Waals surface area contributed by atoms with Gasteiger partial charge in [0, 0.05) is 38.5 Å². The Kier molecular flexibility index (Phi) is 6.47. The van der Waals surface area contributed by atoms with E-state index in [0.717, 1.165) is 5.69 Å². The van der Waals surface area contributed by atoms with Gasteiger partial charge in [-0.3, -0.25) is 4.79 Å². The number of amides is 1. The Labute approximate surface area is 119 Å². The van der Waals surface area contributed by atoms with Gasteiger partial charge in [-0.05, 0) is 19.1 Å². The molecule has 0 unspecified atom stereocenters. The number of aromatic nitrogens is 1. The second kappa shape index (κ2) is 8.12. The molecule has 0 bridgehead atoms. The zero-order chi connectivity index (χ0) is 15.0. The maximum absolute atomic E-state index is 12.5. The SMILES string of the molecule is CNc1cc(C(=O)N(CCC#N)CCOC)cc(C)n1. The number of pyridine rings is 1. The van der Waals surface area contributed by atoms with Crippen LogP contribution in [0.15, 0.2) is 12.1 Å². The zero-order valence-corrected chi connectivity index (χ0v) is 12.1. The van der Waals surface area contributed by atoms with Crippen molar-refractivity contribution < 1.29 is 9.53 Å². The molecule has 0 spiro atoms. The lowest BCUT2D eigenvalue weighted by atomic mass is 10.2. The average Bonchev–Trinajstić information content (AvgIpc) is 2.46. The molecule has 108 valence electrons. The third-order valence-electron chi connectivity index (χ3n) is 2.80. The lowest BCUT2D eigenvalue weighted by Crippen LogP contribution is -2.34. The summed E-state index contributed by atoms with van der Waals surface area (Å²) in [6.45, 7) is 3.15. The van der Waals surface area contributed by atoms with Crippen LogP contribution in [0.5, 0.6) is 0 Å². The summed E-state index contributed by atoms with van der Waals surface area (Å²) >= 11 is 0. The summed E-state index contributed by atoms with van der Waals surface area (Å²) in [5, 5.41) is 11.6. The highest BCUT2D eigenvalue weighted by molar-refractivity contribution is 5.95. The predicted octanol–water partition coefficient (Wildman–Crippen LogP) is 1.43. The molecule has 1 heterocycles. The van der Waals surface area contributed by atoms with Crippen molar-refractivity contribution in [3.05, 3.63) is 23.4 Å². The first-order chi connectivity index (χ1) is 9.62. The minimum absolute atomic E-state index is 0.112. The molecule has 0 atom stereocenters. The van der Waals surface area contributed by atoms with Crippen molar-refractivity contribution in [2.45, 2.75) is 13.3 Å². The topological polar surface area (TPSA) is 78.2 Å². The number of nitriles is 1. The molecule has 1 amide bonds. The number of carbonyl (C=O) groups is 1. The maximum atomic E-state index is 12.5. The van der Waals surface area contributed by atoms with Crippen LogP contribution in [0, 0.1) is 18.3 Å². The quantitative estimate of drug-likeness (QED) is 0.815. The van der Waals surface area contributed by atoms with Crippen molar-refractivity contribution >= 4 is 11.7 Å². The molecule has 1 aromatic rings. The molecule has 0 aliphatic heterocycles. The van der Waals surface area contributed by atoms with E-state index >= 15 is 0 Å². The lowest BCUT2D eigenvalue weighted by molar-refractivity contribution is 0.0699. The number of methoxy groups -OCH3 is 1. The fraction of sp³-hybridized carbons (Fsp3) is 0.500. The molecule has 1 N–H and O–H groups in total. The van der Waals surface area contributed by atoms with E-state index in [1.807, 2.05) is 6.92 Å². The number of nitrogens with zero attached hydrogens (tertiary/aromatic N) is 3. The lowest BCUT2D eigenvalue weighted by Gasteiger charge is -2.21. The van der Waals surface area contributed by atoms with Gasteiger partial charge < -0.3 is 15.0 Å². The van der Waals surface area contributed by atoms with Crippen LogP contribution in [-0.4, -0.2) is 49.6 Å². The van der Waals surface area contributed by atoms with Crippen LogP contribution in [-0.2, 0) is 4.74 Å². The van der Waals surface area contributed by atoms with Gasteiger partial charge in [0.15, 0.2) is 0 Å². The van der Waals surface area contributed by atoms with Crippen molar-refractivity contribution in [2.24, 2.45) is 0 Å². The highest BCUT2D eigenvalue weighted by atomic mass is 16.5. The number of aryl methyl sites for hydroxylation is 1. The fourth-order valence-corrected chi connectivity index (χ4v) is 1.80. The van der Waals surface area contributed by atoms with E-state index in [-0.39, 0.29) is 5.91 Å². The van der Waals surface area contributed by atoms with Gasteiger partial charge in [0.1, 0.15) is 5.82 Å². The molecular formula is C14H20N4O2. The highest BCUT2D eigenvalue weighted by Gasteiger charge is 2.16. The van der Waals surface area contributed by atoms with Crippen LogP contribution >= 0.6 is 0 Å². The first kappa shape index (κ1) is 15.9. The number of hydrogen-bond donors (Lipinski definition) is 1. The maximum Gasteiger partial charge on any atom is 0.254 e. The number of ether oxygens (including phenoxy) is 1. The van der Waals surface area contributed by atoms with Gasteiger partial charge in [0.05, 0.1) is 19.1 Å². The Bertz CT molecular complexity index is 496. The molecule has 1 aromatic heterocycles. The van der Waals surface area contributed by atoms with Gasteiger partial charge in [0.25, 0.3) is 5.91 Å². The summed E-state index contributed by atoms with van der Waals surface area (Å²) in [5.41, 5.74) is 1.34. The van der Waals surface area contributed by atoms with Gasteiger partial charge in [-0.25, -0.2) is 4.98 Å². The van der Waals surface area contributed by atoms with Gasteiger partial charge in [-0.15, -0.1) is 0 Å². The summed E-state index contributed by atoms with van der Waals surface area (Å²) < 4.78 is 5.01. The van der Waals surface area contributed by atoms with Crippen LogP contribution in [0.1, 0.15) is 22.5 Å². The van der Waals surface area contributed by atoms with Crippen molar-refractivity contribution in [3.8, 4) is 6.07 Å². The average molecular weight is 276 g/mol. The van der Waals surface area contributed by atoms with Gasteiger partial charge >= 0.3 is 0 Å². The number of hydrogen-bond acceptors (Lipinski definition) is 5. The van der Waals surface area contributed by atoms with E-state index in [1.54, 1.807) is 31.2 Å². The monoisotopic (exact) mass is 276 g/mol. The zero-order valence-electron chi connectivity index (χ0n) is 12.1. The van der Waals surface area contributed by atoms with E-state index < -0.39 is 0 Å². The molecule has 0 saturated carbocycles. The Morgan fingerprint density at radius 1 is 1.50 bits per heavy atom. The molecule has 0 saturated heterocycles. The first-order valence-electron chi connectivity index (χ1n) is 6.44. The molecule has 0 aliphatic rings. The fourth-order valence-electron chi connectivity index (χ4n) is 1.80. The number of rotatable bonds is 7. The summed E-state index contributed by atoms with van der Waals surface area (Å²) in [6, 6.07) is 5.51. The second-order valence-electron chi connectivity index (χ2n) is 4.33. The van der Waals surface area contributed by atoms with Crippen molar-refractivity contribution in [3.63, 3.8) is 0 Å². The molecule has 0 aliphatic carbocycles. The van der Waals surface area contributed by atoms with E-state index in [1.165, 1.54) is 0 Å². The summed E-state index contributed by atoms with van der Waals surface area (Å²) in [5.74, 6) is 0.541. The molecule has 0 radical (unpaired) electrons. The summed E-state index contributed by atoms with van der Waals surface area (Å²) in [7, 11) is 3.34. The van der Waals surface area contributed by atoms with E-state index in [2.05, 4.69) is 16.4 Å². The number of nitrogens with one attached hydrogen (secondary N) is 1. The molecule has 0 fully saturated rings. The van der Waals surface area contributed by atoms with Crippen LogP contribution in [0.25, 0.3) is 0 Å². The Morgan fingerprint density at radius 2 is 2.25 bits per heavy atom. The highest BCUT2D eigenvalue weighted by Crippen LogP contribution is 2.12. The molecule has 1 rings (SSSR count). The van der Waals surface area contributed by atoms with Crippen LogP contribution in [0.2, 0.25) is 0 Å². The van der Waals surface area contributed by atoms with Crippen molar-refractivity contribution in [1.29, 1.82) is 5.26 Å². The summed E-state index contributed by atoms with van der Waals surface area (Å²) in [6.07, 6.45) is 0.304.